The number of nitrogens with one attached hydrogen (secondary N) is 1. The van der Waals surface area contributed by atoms with E-state index in [4.69, 9.17) is 0 Å². The van der Waals surface area contributed by atoms with Crippen LogP contribution in [-0.4, -0.2) is 12.6 Å². The van der Waals surface area contributed by atoms with E-state index in [1.54, 1.807) is 0 Å². The molecule has 0 spiro atoms. The predicted molar refractivity (Wildman–Crippen MR) is 49.6 cm³/mol. The van der Waals surface area contributed by atoms with Gasteiger partial charge in [-0.05, 0) is 38.6 Å². The molecule has 1 N–H and O–H groups in total. The Balaban J connectivity index is 2.03. The lowest BCUT2D eigenvalue weighted by atomic mass is 10.2. The number of hydrogen-bond acceptors (Lipinski definition) is 1. The van der Waals surface area contributed by atoms with Gasteiger partial charge in [-0.1, -0.05) is 19.1 Å². The summed E-state index contributed by atoms with van der Waals surface area (Å²) < 4.78 is 0. The highest BCUT2D eigenvalue weighted by Gasteiger charge is 2.17. The molecule has 1 nitrogen and oxygen atoms in total. The highest BCUT2D eigenvalue weighted by atomic mass is 14.9. The van der Waals surface area contributed by atoms with Gasteiger partial charge in [-0.2, -0.15) is 0 Å². The second kappa shape index (κ2) is 4.55. The Bertz CT molecular complexity index is 125. The standard InChI is InChI=1S/C10H19N/c1-3-8-11-9(2)4-5-10-6-7-10/h4-5,9-11H,3,6-8H2,1-2H3/b5-4+. The van der Waals surface area contributed by atoms with Gasteiger partial charge in [0.1, 0.15) is 0 Å². The molecule has 0 bridgehead atoms. The van der Waals surface area contributed by atoms with Crippen molar-refractivity contribution in [3.05, 3.63) is 12.2 Å². The van der Waals surface area contributed by atoms with E-state index in [0.29, 0.717) is 6.04 Å². The fourth-order valence-electron chi connectivity index (χ4n) is 1.05. The molecule has 0 aromatic carbocycles. The molecule has 1 aliphatic carbocycles. The molecule has 0 heterocycles. The second-order valence-corrected chi connectivity index (χ2v) is 3.47. The molecular weight excluding hydrogens is 134 g/mol. The van der Waals surface area contributed by atoms with Gasteiger partial charge in [-0.25, -0.2) is 0 Å². The van der Waals surface area contributed by atoms with Crippen LogP contribution in [0.1, 0.15) is 33.1 Å². The monoisotopic (exact) mass is 153 g/mol. The first-order valence-electron chi connectivity index (χ1n) is 4.74. The molecule has 0 aromatic rings. The minimum absolute atomic E-state index is 0.565. The van der Waals surface area contributed by atoms with E-state index in [9.17, 15) is 0 Å². The lowest BCUT2D eigenvalue weighted by molar-refractivity contribution is 0.622. The summed E-state index contributed by atoms with van der Waals surface area (Å²) in [6, 6.07) is 0.565. The summed E-state index contributed by atoms with van der Waals surface area (Å²) in [4.78, 5) is 0. The van der Waals surface area contributed by atoms with Crippen LogP contribution in [0.25, 0.3) is 0 Å². The lowest BCUT2D eigenvalue weighted by Gasteiger charge is -2.06. The van der Waals surface area contributed by atoms with Crippen LogP contribution in [-0.2, 0) is 0 Å². The maximum Gasteiger partial charge on any atom is 0.0221 e. The van der Waals surface area contributed by atoms with E-state index in [1.165, 1.54) is 19.3 Å². The topological polar surface area (TPSA) is 12.0 Å². The van der Waals surface area contributed by atoms with E-state index in [-0.39, 0.29) is 0 Å². The van der Waals surface area contributed by atoms with Crippen LogP contribution < -0.4 is 5.32 Å². The van der Waals surface area contributed by atoms with Crippen molar-refractivity contribution in [1.29, 1.82) is 0 Å². The van der Waals surface area contributed by atoms with Crippen molar-refractivity contribution in [2.24, 2.45) is 5.92 Å². The normalized spacial score (nSPS) is 20.9. The fraction of sp³-hybridized carbons (Fsp3) is 0.800. The molecule has 64 valence electrons. The fourth-order valence-corrected chi connectivity index (χ4v) is 1.05. The summed E-state index contributed by atoms with van der Waals surface area (Å²) in [5.74, 6) is 0.917. The third-order valence-electron chi connectivity index (χ3n) is 2.01. The molecule has 1 unspecified atom stereocenters. The number of rotatable bonds is 5. The maximum absolute atomic E-state index is 3.43. The zero-order valence-corrected chi connectivity index (χ0v) is 7.64. The predicted octanol–water partition coefficient (Wildman–Crippen LogP) is 2.34. The van der Waals surface area contributed by atoms with E-state index in [0.717, 1.165) is 12.5 Å². The SMILES string of the molecule is CCCNC(C)/C=C/C1CC1. The van der Waals surface area contributed by atoms with Gasteiger partial charge in [0, 0.05) is 6.04 Å². The van der Waals surface area contributed by atoms with Gasteiger partial charge in [-0.3, -0.25) is 0 Å². The summed E-state index contributed by atoms with van der Waals surface area (Å²) in [6.07, 6.45) is 8.70. The number of hydrogen-bond donors (Lipinski definition) is 1. The van der Waals surface area contributed by atoms with E-state index >= 15 is 0 Å². The first kappa shape index (κ1) is 8.79. The molecule has 0 radical (unpaired) electrons. The number of allylic oxidation sites excluding steroid dienone is 1. The molecule has 0 aliphatic heterocycles. The van der Waals surface area contributed by atoms with Gasteiger partial charge in [0.25, 0.3) is 0 Å². The van der Waals surface area contributed by atoms with Crippen molar-refractivity contribution >= 4 is 0 Å². The first-order chi connectivity index (χ1) is 5.33. The van der Waals surface area contributed by atoms with Crippen molar-refractivity contribution in [3.8, 4) is 0 Å². The third-order valence-corrected chi connectivity index (χ3v) is 2.01. The molecule has 0 aromatic heterocycles. The average Bonchev–Trinajstić information content (AvgIpc) is 2.80. The summed E-state index contributed by atoms with van der Waals surface area (Å²) in [7, 11) is 0. The molecule has 1 rings (SSSR count). The Morgan fingerprint density at radius 2 is 2.27 bits per heavy atom. The summed E-state index contributed by atoms with van der Waals surface area (Å²) in [5.41, 5.74) is 0. The van der Waals surface area contributed by atoms with Crippen LogP contribution in [0.3, 0.4) is 0 Å². The Morgan fingerprint density at radius 3 is 2.82 bits per heavy atom. The summed E-state index contributed by atoms with van der Waals surface area (Å²) in [5, 5.41) is 3.43. The zero-order valence-electron chi connectivity index (χ0n) is 7.64. The molecule has 1 aliphatic rings. The lowest BCUT2D eigenvalue weighted by Crippen LogP contribution is -2.24. The molecule has 11 heavy (non-hydrogen) atoms. The van der Waals surface area contributed by atoms with Gasteiger partial charge in [0.05, 0.1) is 0 Å². The first-order valence-corrected chi connectivity index (χ1v) is 4.74. The van der Waals surface area contributed by atoms with Gasteiger partial charge < -0.3 is 5.32 Å². The third kappa shape index (κ3) is 4.20. The van der Waals surface area contributed by atoms with Crippen molar-refractivity contribution < 1.29 is 0 Å². The molecular formula is C10H19N. The molecule has 0 saturated heterocycles. The van der Waals surface area contributed by atoms with Gasteiger partial charge in [0.2, 0.25) is 0 Å². The highest BCUT2D eigenvalue weighted by Crippen LogP contribution is 2.30. The summed E-state index contributed by atoms with van der Waals surface area (Å²) >= 11 is 0. The minimum Gasteiger partial charge on any atom is -0.311 e. The summed E-state index contributed by atoms with van der Waals surface area (Å²) in [6.45, 7) is 5.55. The van der Waals surface area contributed by atoms with Crippen molar-refractivity contribution in [1.82, 2.24) is 5.32 Å². The highest BCUT2D eigenvalue weighted by molar-refractivity contribution is 4.99. The largest absolute Gasteiger partial charge is 0.311 e. The zero-order chi connectivity index (χ0) is 8.10. The molecule has 1 atom stereocenters. The maximum atomic E-state index is 3.43. The van der Waals surface area contributed by atoms with Crippen LogP contribution in [0.15, 0.2) is 12.2 Å². The quantitative estimate of drug-likeness (QED) is 0.598. The van der Waals surface area contributed by atoms with Crippen molar-refractivity contribution in [2.75, 3.05) is 6.54 Å². The van der Waals surface area contributed by atoms with Crippen LogP contribution in [0, 0.1) is 5.92 Å². The van der Waals surface area contributed by atoms with Crippen LogP contribution in [0.4, 0.5) is 0 Å². The Labute approximate surface area is 69.9 Å². The average molecular weight is 153 g/mol. The van der Waals surface area contributed by atoms with Crippen LogP contribution in [0.5, 0.6) is 0 Å². The second-order valence-electron chi connectivity index (χ2n) is 3.47. The molecule has 1 fully saturated rings. The minimum atomic E-state index is 0.565. The van der Waals surface area contributed by atoms with E-state index in [1.807, 2.05) is 0 Å². The van der Waals surface area contributed by atoms with Crippen LogP contribution >= 0.6 is 0 Å². The van der Waals surface area contributed by atoms with E-state index in [2.05, 4.69) is 31.3 Å². The van der Waals surface area contributed by atoms with Gasteiger partial charge >= 0.3 is 0 Å². The van der Waals surface area contributed by atoms with Gasteiger partial charge in [-0.15, -0.1) is 0 Å². The van der Waals surface area contributed by atoms with Crippen molar-refractivity contribution in [2.45, 2.75) is 39.2 Å². The Morgan fingerprint density at radius 1 is 1.55 bits per heavy atom. The molecule has 1 heteroatoms. The van der Waals surface area contributed by atoms with Crippen molar-refractivity contribution in [3.63, 3.8) is 0 Å². The molecule has 0 amide bonds. The van der Waals surface area contributed by atoms with E-state index < -0.39 is 0 Å². The smallest absolute Gasteiger partial charge is 0.0221 e. The molecule has 1 saturated carbocycles. The van der Waals surface area contributed by atoms with Gasteiger partial charge in [0.15, 0.2) is 0 Å². The van der Waals surface area contributed by atoms with Crippen LogP contribution in [0.2, 0.25) is 0 Å². The Hall–Kier alpha value is -0.300. The Kier molecular flexibility index (Phi) is 3.64.